The van der Waals surface area contributed by atoms with E-state index in [2.05, 4.69) is 10.6 Å². The predicted octanol–water partition coefficient (Wildman–Crippen LogP) is 0.890. The zero-order valence-corrected chi connectivity index (χ0v) is 10.4. The Balaban J connectivity index is 2.34. The van der Waals surface area contributed by atoms with E-state index in [0.29, 0.717) is 6.42 Å². The minimum absolute atomic E-state index is 0.0156. The third-order valence-corrected chi connectivity index (χ3v) is 3.50. The fourth-order valence-corrected chi connectivity index (χ4v) is 2.42. The van der Waals surface area contributed by atoms with Crippen LogP contribution in [0.2, 0.25) is 0 Å². The lowest BCUT2D eigenvalue weighted by Crippen LogP contribution is -2.48. The van der Waals surface area contributed by atoms with Gasteiger partial charge in [-0.1, -0.05) is 19.3 Å². The number of nitrogens with one attached hydrogen (secondary N) is 2. The highest BCUT2D eigenvalue weighted by Gasteiger charge is 2.32. The molecule has 3 N–H and O–H groups in total. The predicted molar refractivity (Wildman–Crippen MR) is 64.8 cm³/mol. The maximum absolute atomic E-state index is 11.7. The van der Waals surface area contributed by atoms with Crippen molar-refractivity contribution in [1.82, 2.24) is 10.6 Å². The summed E-state index contributed by atoms with van der Waals surface area (Å²) < 4.78 is 0. The van der Waals surface area contributed by atoms with Gasteiger partial charge in [0.2, 0.25) is 5.91 Å². The van der Waals surface area contributed by atoms with Crippen LogP contribution in [-0.4, -0.2) is 36.1 Å². The summed E-state index contributed by atoms with van der Waals surface area (Å²) in [5, 5.41) is 14.4. The standard InChI is InChI=1S/C12H22N2O3/c1-13-12(6-3-2-4-7-12)9-10(15)14-8-5-11(16)17/h13H,2-9H2,1H3,(H,14,15)(H,16,17). The molecule has 5 heteroatoms. The molecule has 1 aliphatic carbocycles. The van der Waals surface area contributed by atoms with Crippen molar-refractivity contribution in [3.05, 3.63) is 0 Å². The lowest BCUT2D eigenvalue weighted by atomic mass is 9.79. The second kappa shape index (κ2) is 6.59. The molecule has 0 aromatic heterocycles. The van der Waals surface area contributed by atoms with E-state index in [1.165, 1.54) is 6.42 Å². The third-order valence-electron chi connectivity index (χ3n) is 3.50. The van der Waals surface area contributed by atoms with Gasteiger partial charge in [-0.3, -0.25) is 9.59 Å². The number of hydrogen-bond donors (Lipinski definition) is 3. The summed E-state index contributed by atoms with van der Waals surface area (Å²) in [4.78, 5) is 22.0. The quantitative estimate of drug-likeness (QED) is 0.646. The molecule has 0 aromatic rings. The number of aliphatic carboxylic acids is 1. The van der Waals surface area contributed by atoms with Crippen molar-refractivity contribution in [1.29, 1.82) is 0 Å². The normalized spacial score (nSPS) is 18.6. The van der Waals surface area contributed by atoms with Gasteiger partial charge < -0.3 is 15.7 Å². The molecule has 1 fully saturated rings. The van der Waals surface area contributed by atoms with Gasteiger partial charge in [0.15, 0.2) is 0 Å². The van der Waals surface area contributed by atoms with E-state index in [1.807, 2.05) is 7.05 Å². The van der Waals surface area contributed by atoms with Crippen LogP contribution in [0.1, 0.15) is 44.9 Å². The second-order valence-corrected chi connectivity index (χ2v) is 4.76. The van der Waals surface area contributed by atoms with Crippen LogP contribution in [0.15, 0.2) is 0 Å². The maximum Gasteiger partial charge on any atom is 0.305 e. The molecule has 0 unspecified atom stereocenters. The molecule has 0 radical (unpaired) electrons. The average molecular weight is 242 g/mol. The van der Waals surface area contributed by atoms with Crippen LogP contribution in [0, 0.1) is 0 Å². The highest BCUT2D eigenvalue weighted by molar-refractivity contribution is 5.78. The summed E-state index contributed by atoms with van der Waals surface area (Å²) in [5.74, 6) is -0.936. The Morgan fingerprint density at radius 3 is 2.41 bits per heavy atom. The van der Waals surface area contributed by atoms with Crippen molar-refractivity contribution >= 4 is 11.9 Å². The lowest BCUT2D eigenvalue weighted by molar-refractivity contribution is -0.136. The molecule has 98 valence electrons. The van der Waals surface area contributed by atoms with E-state index in [1.54, 1.807) is 0 Å². The molecule has 0 saturated heterocycles. The van der Waals surface area contributed by atoms with Crippen LogP contribution in [0.3, 0.4) is 0 Å². The second-order valence-electron chi connectivity index (χ2n) is 4.76. The first-order valence-electron chi connectivity index (χ1n) is 6.25. The number of amides is 1. The van der Waals surface area contributed by atoms with Gasteiger partial charge in [-0.2, -0.15) is 0 Å². The van der Waals surface area contributed by atoms with Crippen LogP contribution < -0.4 is 10.6 Å². The highest BCUT2D eigenvalue weighted by Crippen LogP contribution is 2.30. The van der Waals surface area contributed by atoms with Gasteiger partial charge in [0.25, 0.3) is 0 Å². The van der Waals surface area contributed by atoms with E-state index in [4.69, 9.17) is 5.11 Å². The number of hydrogen-bond acceptors (Lipinski definition) is 3. The SMILES string of the molecule is CNC1(CC(=O)NCCC(=O)O)CCCCC1. The van der Waals surface area contributed by atoms with Crippen LogP contribution >= 0.6 is 0 Å². The van der Waals surface area contributed by atoms with E-state index >= 15 is 0 Å². The Morgan fingerprint density at radius 2 is 1.88 bits per heavy atom. The highest BCUT2D eigenvalue weighted by atomic mass is 16.4. The van der Waals surface area contributed by atoms with Crippen LogP contribution in [0.25, 0.3) is 0 Å². The van der Waals surface area contributed by atoms with Crippen LogP contribution in [0.5, 0.6) is 0 Å². The summed E-state index contributed by atoms with van der Waals surface area (Å²) in [6.45, 7) is 0.216. The number of carbonyl (C=O) groups is 2. The Hall–Kier alpha value is -1.10. The molecule has 0 heterocycles. The average Bonchev–Trinajstić information content (AvgIpc) is 2.29. The van der Waals surface area contributed by atoms with Gasteiger partial charge in [0, 0.05) is 18.5 Å². The minimum atomic E-state index is -0.883. The van der Waals surface area contributed by atoms with Gasteiger partial charge in [-0.15, -0.1) is 0 Å². The van der Waals surface area contributed by atoms with Crippen molar-refractivity contribution in [2.24, 2.45) is 0 Å². The van der Waals surface area contributed by atoms with E-state index in [9.17, 15) is 9.59 Å². The molecule has 1 amide bonds. The maximum atomic E-state index is 11.7. The molecule has 0 spiro atoms. The van der Waals surface area contributed by atoms with Gasteiger partial charge >= 0.3 is 5.97 Å². The first-order chi connectivity index (χ1) is 8.08. The molecule has 1 aliphatic rings. The molecule has 0 aliphatic heterocycles. The van der Waals surface area contributed by atoms with Gasteiger partial charge in [0.1, 0.15) is 0 Å². The molecule has 1 rings (SSSR count). The molecule has 17 heavy (non-hydrogen) atoms. The molecule has 1 saturated carbocycles. The van der Waals surface area contributed by atoms with Crippen LogP contribution in [0.4, 0.5) is 0 Å². The van der Waals surface area contributed by atoms with E-state index in [0.717, 1.165) is 25.7 Å². The van der Waals surface area contributed by atoms with Crippen molar-refractivity contribution in [3.8, 4) is 0 Å². The smallest absolute Gasteiger partial charge is 0.305 e. The molecule has 0 atom stereocenters. The van der Waals surface area contributed by atoms with Crippen molar-refractivity contribution in [3.63, 3.8) is 0 Å². The first kappa shape index (κ1) is 14.0. The van der Waals surface area contributed by atoms with Gasteiger partial charge in [-0.25, -0.2) is 0 Å². The fraction of sp³-hybridized carbons (Fsp3) is 0.833. The third kappa shape index (κ3) is 4.73. The number of rotatable bonds is 6. The molecule has 5 nitrogen and oxygen atoms in total. The summed E-state index contributed by atoms with van der Waals surface area (Å²) in [5.41, 5.74) is -0.0778. The summed E-state index contributed by atoms with van der Waals surface area (Å²) in [7, 11) is 1.90. The van der Waals surface area contributed by atoms with Gasteiger partial charge in [0.05, 0.1) is 6.42 Å². The van der Waals surface area contributed by atoms with E-state index < -0.39 is 5.97 Å². The fourth-order valence-electron chi connectivity index (χ4n) is 2.42. The topological polar surface area (TPSA) is 78.4 Å². The first-order valence-corrected chi connectivity index (χ1v) is 6.25. The van der Waals surface area contributed by atoms with E-state index in [-0.39, 0.29) is 24.4 Å². The Kier molecular flexibility index (Phi) is 5.41. The Morgan fingerprint density at radius 1 is 1.24 bits per heavy atom. The number of carboxylic acid groups (broad SMARTS) is 1. The largest absolute Gasteiger partial charge is 0.481 e. The monoisotopic (exact) mass is 242 g/mol. The summed E-state index contributed by atoms with van der Waals surface area (Å²) >= 11 is 0. The zero-order valence-electron chi connectivity index (χ0n) is 10.4. The molecular weight excluding hydrogens is 220 g/mol. The molecule has 0 bridgehead atoms. The van der Waals surface area contributed by atoms with Crippen molar-refractivity contribution in [2.45, 2.75) is 50.5 Å². The number of carboxylic acids is 1. The van der Waals surface area contributed by atoms with Crippen LogP contribution in [-0.2, 0) is 9.59 Å². The molecule has 0 aromatic carbocycles. The minimum Gasteiger partial charge on any atom is -0.481 e. The van der Waals surface area contributed by atoms with Gasteiger partial charge in [-0.05, 0) is 19.9 Å². The Bertz CT molecular complexity index is 273. The lowest BCUT2D eigenvalue weighted by Gasteiger charge is -2.36. The summed E-state index contributed by atoms with van der Waals surface area (Å²) in [6.07, 6.45) is 6.03. The zero-order chi connectivity index (χ0) is 12.7. The Labute approximate surface area is 102 Å². The summed E-state index contributed by atoms with van der Waals surface area (Å²) in [6, 6.07) is 0. The van der Waals surface area contributed by atoms with Crippen molar-refractivity contribution in [2.75, 3.05) is 13.6 Å². The number of carbonyl (C=O) groups excluding carboxylic acids is 1. The van der Waals surface area contributed by atoms with Crippen molar-refractivity contribution < 1.29 is 14.7 Å². The molecular formula is C12H22N2O3.